The van der Waals surface area contributed by atoms with Crippen LogP contribution in [-0.4, -0.2) is 30.4 Å². The summed E-state index contributed by atoms with van der Waals surface area (Å²) in [7, 11) is 1.65. The molecule has 0 aromatic heterocycles. The summed E-state index contributed by atoms with van der Waals surface area (Å²) in [6, 6.07) is 5.89. The molecule has 5 nitrogen and oxygen atoms in total. The molecular formula is C16H19N3O2. The fourth-order valence-corrected chi connectivity index (χ4v) is 3.66. The smallest absolute Gasteiger partial charge is 0.323 e. The van der Waals surface area contributed by atoms with Crippen LogP contribution in [0.3, 0.4) is 0 Å². The van der Waals surface area contributed by atoms with E-state index in [9.17, 15) is 4.79 Å². The zero-order valence-corrected chi connectivity index (χ0v) is 12.1. The summed E-state index contributed by atoms with van der Waals surface area (Å²) < 4.78 is 5.34. The minimum absolute atomic E-state index is 0.123. The van der Waals surface area contributed by atoms with Crippen molar-refractivity contribution in [2.75, 3.05) is 13.7 Å². The molecule has 1 heterocycles. The highest BCUT2D eigenvalue weighted by atomic mass is 16.5. The quantitative estimate of drug-likeness (QED) is 0.894. The second-order valence-corrected chi connectivity index (χ2v) is 6.24. The fraction of sp³-hybridized carbons (Fsp3) is 0.500. The van der Waals surface area contributed by atoms with E-state index in [1.807, 2.05) is 17.0 Å². The number of aryl methyl sites for hydroxylation is 1. The summed E-state index contributed by atoms with van der Waals surface area (Å²) in [6.07, 6.45) is 4.08. The van der Waals surface area contributed by atoms with Crippen molar-refractivity contribution in [3.63, 3.8) is 0 Å². The van der Waals surface area contributed by atoms with Gasteiger partial charge in [-0.3, -0.25) is 10.7 Å². The lowest BCUT2D eigenvalue weighted by atomic mass is 9.89. The Balaban J connectivity index is 1.82. The number of nitrogens with one attached hydrogen (secondary N) is 2. The van der Waals surface area contributed by atoms with Gasteiger partial charge in [-0.25, -0.2) is 4.79 Å². The van der Waals surface area contributed by atoms with Crippen LogP contribution in [0.1, 0.15) is 30.4 Å². The number of amides is 2. The van der Waals surface area contributed by atoms with Crippen molar-refractivity contribution in [1.29, 1.82) is 5.41 Å². The number of nitrogens with zero attached hydrogens (tertiary/aromatic N) is 1. The van der Waals surface area contributed by atoms with Crippen molar-refractivity contribution < 1.29 is 9.53 Å². The van der Waals surface area contributed by atoms with Gasteiger partial charge in [-0.15, -0.1) is 0 Å². The average molecular weight is 285 g/mol. The number of carbonyl (C=O) groups is 1. The lowest BCUT2D eigenvalue weighted by Gasteiger charge is -2.34. The minimum atomic E-state index is -0.594. The maximum absolute atomic E-state index is 12.3. The van der Waals surface area contributed by atoms with Gasteiger partial charge in [-0.2, -0.15) is 0 Å². The van der Waals surface area contributed by atoms with E-state index in [-0.39, 0.29) is 6.03 Å². The number of hydrogen-bond acceptors (Lipinski definition) is 3. The summed E-state index contributed by atoms with van der Waals surface area (Å²) in [5, 5.41) is 11.1. The molecule has 1 unspecified atom stereocenters. The van der Waals surface area contributed by atoms with Gasteiger partial charge in [0.15, 0.2) is 0 Å². The van der Waals surface area contributed by atoms with E-state index in [1.54, 1.807) is 7.11 Å². The lowest BCUT2D eigenvalue weighted by molar-refractivity contribution is 0.168. The Morgan fingerprint density at radius 2 is 2.29 bits per heavy atom. The molecule has 1 aromatic carbocycles. The van der Waals surface area contributed by atoms with Crippen LogP contribution in [0.25, 0.3) is 0 Å². The van der Waals surface area contributed by atoms with E-state index in [4.69, 9.17) is 10.1 Å². The monoisotopic (exact) mass is 285 g/mol. The first-order valence-electron chi connectivity index (χ1n) is 7.50. The molecule has 1 atom stereocenters. The molecule has 1 spiro atoms. The van der Waals surface area contributed by atoms with Crippen LogP contribution in [0.4, 0.5) is 4.79 Å². The van der Waals surface area contributed by atoms with Crippen LogP contribution in [0.2, 0.25) is 0 Å². The molecule has 1 saturated carbocycles. The molecule has 0 radical (unpaired) electrons. The number of amidine groups is 1. The number of ether oxygens (including phenoxy) is 1. The molecule has 1 aliphatic heterocycles. The molecule has 2 fully saturated rings. The van der Waals surface area contributed by atoms with Gasteiger partial charge in [0.2, 0.25) is 0 Å². The molecule has 21 heavy (non-hydrogen) atoms. The predicted molar refractivity (Wildman–Crippen MR) is 78.7 cm³/mol. The first-order chi connectivity index (χ1) is 10.1. The Labute approximate surface area is 123 Å². The molecule has 4 rings (SSSR count). The van der Waals surface area contributed by atoms with Gasteiger partial charge in [-0.05, 0) is 54.9 Å². The van der Waals surface area contributed by atoms with Gasteiger partial charge in [-0.1, -0.05) is 6.07 Å². The lowest BCUT2D eigenvalue weighted by Crippen LogP contribution is -2.46. The summed E-state index contributed by atoms with van der Waals surface area (Å²) >= 11 is 0. The Morgan fingerprint density at radius 1 is 1.48 bits per heavy atom. The normalized spacial score (nSPS) is 27.2. The van der Waals surface area contributed by atoms with Crippen molar-refractivity contribution in [3.8, 4) is 5.75 Å². The Kier molecular flexibility index (Phi) is 2.55. The van der Waals surface area contributed by atoms with Crippen LogP contribution in [-0.2, 0) is 12.0 Å². The van der Waals surface area contributed by atoms with E-state index >= 15 is 0 Å². The molecule has 1 aromatic rings. The summed E-state index contributed by atoms with van der Waals surface area (Å²) in [4.78, 5) is 14.2. The maximum Gasteiger partial charge on any atom is 0.323 e. The van der Waals surface area contributed by atoms with E-state index in [2.05, 4.69) is 11.4 Å². The summed E-state index contributed by atoms with van der Waals surface area (Å²) in [5.41, 5.74) is 1.69. The highest BCUT2D eigenvalue weighted by Gasteiger charge is 2.55. The standard InChI is InChI=1S/C16H19N3O2/c1-21-12-5-4-11-6-7-16(13(11)8-12)14(17)18-15(20)19(16)9-10-2-3-10/h4-5,8,10H,2-3,6-7,9H2,1H3,(H2,17,18,20). The second-order valence-electron chi connectivity index (χ2n) is 6.24. The summed E-state index contributed by atoms with van der Waals surface area (Å²) in [6.45, 7) is 0.755. The molecule has 2 aliphatic carbocycles. The van der Waals surface area contributed by atoms with Gasteiger partial charge < -0.3 is 9.64 Å². The Hall–Kier alpha value is -2.04. The SMILES string of the molecule is COc1ccc2c(c1)C1(CC2)C(=N)NC(=O)N1CC1CC1. The van der Waals surface area contributed by atoms with Crippen LogP contribution in [0.5, 0.6) is 5.75 Å². The molecule has 1 saturated heterocycles. The molecule has 5 heteroatoms. The Morgan fingerprint density at radius 3 is 3.00 bits per heavy atom. The maximum atomic E-state index is 12.3. The fourth-order valence-electron chi connectivity index (χ4n) is 3.66. The third kappa shape index (κ3) is 1.69. The van der Waals surface area contributed by atoms with Crippen molar-refractivity contribution in [2.24, 2.45) is 5.92 Å². The van der Waals surface area contributed by atoms with Gasteiger partial charge in [0.05, 0.1) is 7.11 Å². The zero-order chi connectivity index (χ0) is 14.6. The van der Waals surface area contributed by atoms with Gasteiger partial charge in [0, 0.05) is 6.54 Å². The van der Waals surface area contributed by atoms with Crippen molar-refractivity contribution in [3.05, 3.63) is 29.3 Å². The summed E-state index contributed by atoms with van der Waals surface area (Å²) in [5.74, 6) is 1.71. The minimum Gasteiger partial charge on any atom is -0.497 e. The predicted octanol–water partition coefficient (Wildman–Crippen LogP) is 2.25. The number of methoxy groups -OCH3 is 1. The number of carbonyl (C=O) groups excluding carboxylic acids is 1. The molecule has 110 valence electrons. The van der Waals surface area contributed by atoms with Crippen molar-refractivity contribution in [2.45, 2.75) is 31.2 Å². The highest BCUT2D eigenvalue weighted by molar-refractivity contribution is 6.09. The van der Waals surface area contributed by atoms with Crippen LogP contribution >= 0.6 is 0 Å². The third-order valence-electron chi connectivity index (χ3n) is 5.01. The van der Waals surface area contributed by atoms with Gasteiger partial charge in [0.1, 0.15) is 17.1 Å². The Bertz CT molecular complexity index is 638. The number of fused-ring (bicyclic) bond motifs is 2. The third-order valence-corrected chi connectivity index (χ3v) is 5.01. The second kappa shape index (κ2) is 4.23. The topological polar surface area (TPSA) is 65.4 Å². The number of benzene rings is 1. The van der Waals surface area contributed by atoms with E-state index in [1.165, 1.54) is 18.4 Å². The first-order valence-corrected chi connectivity index (χ1v) is 7.50. The van der Waals surface area contributed by atoms with E-state index < -0.39 is 5.54 Å². The largest absolute Gasteiger partial charge is 0.497 e. The molecule has 0 bridgehead atoms. The zero-order valence-electron chi connectivity index (χ0n) is 12.1. The number of rotatable bonds is 3. The molecular weight excluding hydrogens is 266 g/mol. The van der Waals surface area contributed by atoms with Gasteiger partial charge >= 0.3 is 6.03 Å². The number of hydrogen-bond donors (Lipinski definition) is 2. The molecule has 2 N–H and O–H groups in total. The van der Waals surface area contributed by atoms with Crippen LogP contribution in [0, 0.1) is 11.3 Å². The van der Waals surface area contributed by atoms with E-state index in [0.29, 0.717) is 11.8 Å². The van der Waals surface area contributed by atoms with Crippen LogP contribution < -0.4 is 10.1 Å². The first kappa shape index (κ1) is 12.7. The average Bonchev–Trinajstić information content (AvgIpc) is 3.18. The highest BCUT2D eigenvalue weighted by Crippen LogP contribution is 2.47. The number of urea groups is 1. The molecule has 3 aliphatic rings. The molecule has 2 amide bonds. The van der Waals surface area contributed by atoms with E-state index in [0.717, 1.165) is 30.7 Å². The van der Waals surface area contributed by atoms with Crippen molar-refractivity contribution >= 4 is 11.9 Å². The van der Waals surface area contributed by atoms with Crippen LogP contribution in [0.15, 0.2) is 18.2 Å². The van der Waals surface area contributed by atoms with Gasteiger partial charge in [0.25, 0.3) is 0 Å². The van der Waals surface area contributed by atoms with Crippen molar-refractivity contribution in [1.82, 2.24) is 10.2 Å².